The van der Waals surface area contributed by atoms with Gasteiger partial charge in [0, 0.05) is 16.6 Å². The molecule has 0 spiro atoms. The van der Waals surface area contributed by atoms with Crippen LogP contribution in [0.3, 0.4) is 0 Å². The van der Waals surface area contributed by atoms with E-state index in [9.17, 15) is 4.39 Å². The lowest BCUT2D eigenvalue weighted by Gasteiger charge is -2.26. The van der Waals surface area contributed by atoms with E-state index in [4.69, 9.17) is 11.6 Å². The monoisotopic (exact) mass is 255 g/mol. The van der Waals surface area contributed by atoms with E-state index in [2.05, 4.69) is 19.2 Å². The first kappa shape index (κ1) is 12.8. The molecule has 1 aliphatic rings. The van der Waals surface area contributed by atoms with Crippen LogP contribution in [0.2, 0.25) is 5.02 Å². The maximum absolute atomic E-state index is 14.0. The molecule has 1 aromatic carbocycles. The van der Waals surface area contributed by atoms with Gasteiger partial charge in [-0.05, 0) is 43.4 Å². The van der Waals surface area contributed by atoms with Gasteiger partial charge in [0.15, 0.2) is 0 Å². The van der Waals surface area contributed by atoms with Gasteiger partial charge in [-0.1, -0.05) is 31.5 Å². The number of nitrogens with one attached hydrogen (secondary N) is 1. The first-order valence-corrected chi connectivity index (χ1v) is 6.63. The van der Waals surface area contributed by atoms with Crippen LogP contribution in [0.25, 0.3) is 0 Å². The van der Waals surface area contributed by atoms with Crippen LogP contribution in [0.4, 0.5) is 4.39 Å². The molecule has 0 aromatic heterocycles. The van der Waals surface area contributed by atoms with Crippen molar-refractivity contribution in [2.24, 2.45) is 5.41 Å². The number of benzene rings is 1. The summed E-state index contributed by atoms with van der Waals surface area (Å²) in [6.07, 6.45) is 3.38. The molecule has 0 saturated heterocycles. The summed E-state index contributed by atoms with van der Waals surface area (Å²) in [5.41, 5.74) is 0.965. The highest BCUT2D eigenvalue weighted by Crippen LogP contribution is 2.54. The molecular weight excluding hydrogens is 237 g/mol. The van der Waals surface area contributed by atoms with Gasteiger partial charge in [-0.2, -0.15) is 0 Å². The molecule has 0 heterocycles. The number of rotatable bonds is 5. The second kappa shape index (κ2) is 4.95. The Labute approximate surface area is 107 Å². The molecule has 0 amide bonds. The van der Waals surface area contributed by atoms with Gasteiger partial charge < -0.3 is 5.32 Å². The molecule has 0 radical (unpaired) electrons. The zero-order chi connectivity index (χ0) is 12.5. The van der Waals surface area contributed by atoms with E-state index in [1.54, 1.807) is 6.07 Å². The molecule has 0 aliphatic heterocycles. The molecule has 1 aromatic rings. The number of halogens is 2. The summed E-state index contributed by atoms with van der Waals surface area (Å²) in [5, 5.41) is 3.93. The van der Waals surface area contributed by atoms with Crippen LogP contribution in [-0.4, -0.2) is 6.54 Å². The topological polar surface area (TPSA) is 12.0 Å². The minimum Gasteiger partial charge on any atom is -0.309 e. The van der Waals surface area contributed by atoms with Crippen LogP contribution in [0.1, 0.15) is 44.7 Å². The molecule has 0 bridgehead atoms. The molecule has 1 aliphatic carbocycles. The average molecular weight is 256 g/mol. The fourth-order valence-corrected chi connectivity index (χ4v) is 2.40. The van der Waals surface area contributed by atoms with E-state index in [1.807, 2.05) is 6.07 Å². The van der Waals surface area contributed by atoms with Gasteiger partial charge in [-0.25, -0.2) is 4.39 Å². The van der Waals surface area contributed by atoms with Crippen molar-refractivity contribution in [1.82, 2.24) is 5.32 Å². The van der Waals surface area contributed by atoms with E-state index in [1.165, 1.54) is 6.07 Å². The Morgan fingerprint density at radius 1 is 1.47 bits per heavy atom. The maximum Gasteiger partial charge on any atom is 0.129 e. The first-order chi connectivity index (χ1) is 8.07. The van der Waals surface area contributed by atoms with Gasteiger partial charge in [-0.15, -0.1) is 0 Å². The number of hydrogen-bond donors (Lipinski definition) is 1. The van der Waals surface area contributed by atoms with Crippen LogP contribution in [0, 0.1) is 11.2 Å². The zero-order valence-electron chi connectivity index (χ0n) is 10.4. The highest BCUT2D eigenvalue weighted by atomic mass is 35.5. The third-order valence-electron chi connectivity index (χ3n) is 3.61. The predicted molar refractivity (Wildman–Crippen MR) is 69.8 cm³/mol. The van der Waals surface area contributed by atoms with E-state index < -0.39 is 0 Å². The quantitative estimate of drug-likeness (QED) is 0.826. The van der Waals surface area contributed by atoms with Crippen molar-refractivity contribution in [1.29, 1.82) is 0 Å². The van der Waals surface area contributed by atoms with Crippen LogP contribution in [0.15, 0.2) is 18.2 Å². The molecule has 17 heavy (non-hydrogen) atoms. The summed E-state index contributed by atoms with van der Waals surface area (Å²) in [6.45, 7) is 5.26. The van der Waals surface area contributed by atoms with E-state index in [0.29, 0.717) is 5.02 Å². The largest absolute Gasteiger partial charge is 0.309 e. The Balaban J connectivity index is 2.25. The van der Waals surface area contributed by atoms with Gasteiger partial charge in [0.25, 0.3) is 0 Å². The van der Waals surface area contributed by atoms with Crippen molar-refractivity contribution in [2.45, 2.75) is 39.2 Å². The lowest BCUT2D eigenvalue weighted by Crippen LogP contribution is -2.29. The Morgan fingerprint density at radius 3 is 2.71 bits per heavy atom. The van der Waals surface area contributed by atoms with Crippen molar-refractivity contribution in [2.75, 3.05) is 6.54 Å². The third kappa shape index (κ3) is 2.80. The Hall–Kier alpha value is -0.600. The van der Waals surface area contributed by atoms with Crippen LogP contribution < -0.4 is 5.32 Å². The first-order valence-electron chi connectivity index (χ1n) is 6.25. The summed E-state index contributed by atoms with van der Waals surface area (Å²) in [4.78, 5) is 0. The van der Waals surface area contributed by atoms with E-state index >= 15 is 0 Å². The Morgan fingerprint density at radius 2 is 2.18 bits per heavy atom. The second-order valence-corrected chi connectivity index (χ2v) is 5.64. The molecule has 1 saturated carbocycles. The van der Waals surface area contributed by atoms with E-state index in [-0.39, 0.29) is 17.3 Å². The maximum atomic E-state index is 14.0. The summed E-state index contributed by atoms with van der Waals surface area (Å²) in [6, 6.07) is 5.10. The molecule has 1 fully saturated rings. The molecule has 1 atom stereocenters. The van der Waals surface area contributed by atoms with E-state index in [0.717, 1.165) is 31.4 Å². The zero-order valence-corrected chi connectivity index (χ0v) is 11.1. The lowest BCUT2D eigenvalue weighted by atomic mass is 9.91. The SMILES string of the molecule is CCCNC(c1ccc(Cl)cc1F)C1(C)CC1. The van der Waals surface area contributed by atoms with Gasteiger partial charge in [-0.3, -0.25) is 0 Å². The molecule has 94 valence electrons. The highest BCUT2D eigenvalue weighted by molar-refractivity contribution is 6.30. The Bertz CT molecular complexity index is 401. The van der Waals surface area contributed by atoms with Gasteiger partial charge in [0.2, 0.25) is 0 Å². The van der Waals surface area contributed by atoms with Crippen molar-refractivity contribution in [3.63, 3.8) is 0 Å². The number of hydrogen-bond acceptors (Lipinski definition) is 1. The molecule has 3 heteroatoms. The highest BCUT2D eigenvalue weighted by Gasteiger charge is 2.45. The lowest BCUT2D eigenvalue weighted by molar-refractivity contribution is 0.355. The second-order valence-electron chi connectivity index (χ2n) is 5.21. The molecule has 2 rings (SSSR count). The summed E-state index contributed by atoms with van der Waals surface area (Å²) in [5.74, 6) is -0.195. The minimum atomic E-state index is -0.195. The van der Waals surface area contributed by atoms with Crippen molar-refractivity contribution >= 4 is 11.6 Å². The summed E-state index contributed by atoms with van der Waals surface area (Å²) in [7, 11) is 0. The molecule has 1 unspecified atom stereocenters. The Kier molecular flexibility index (Phi) is 3.74. The predicted octanol–water partition coefficient (Wildman–Crippen LogP) is 4.32. The van der Waals surface area contributed by atoms with Crippen LogP contribution >= 0.6 is 11.6 Å². The van der Waals surface area contributed by atoms with Crippen molar-refractivity contribution in [3.8, 4) is 0 Å². The normalized spacial score (nSPS) is 19.1. The smallest absolute Gasteiger partial charge is 0.129 e. The van der Waals surface area contributed by atoms with Crippen molar-refractivity contribution in [3.05, 3.63) is 34.6 Å². The fourth-order valence-electron chi connectivity index (χ4n) is 2.24. The fraction of sp³-hybridized carbons (Fsp3) is 0.571. The summed E-state index contributed by atoms with van der Waals surface area (Å²) < 4.78 is 14.0. The molecule has 1 N–H and O–H groups in total. The third-order valence-corrected chi connectivity index (χ3v) is 3.84. The standard InChI is InChI=1S/C14H19ClFN/c1-3-8-17-13(14(2)6-7-14)11-5-4-10(15)9-12(11)16/h4-5,9,13,17H,3,6-8H2,1-2H3. The molecule has 1 nitrogen and oxygen atoms in total. The van der Waals surface area contributed by atoms with Gasteiger partial charge >= 0.3 is 0 Å². The van der Waals surface area contributed by atoms with Gasteiger partial charge in [0.05, 0.1) is 0 Å². The molecular formula is C14H19ClFN. The van der Waals surface area contributed by atoms with Crippen LogP contribution in [-0.2, 0) is 0 Å². The van der Waals surface area contributed by atoms with Crippen LogP contribution in [0.5, 0.6) is 0 Å². The minimum absolute atomic E-state index is 0.111. The van der Waals surface area contributed by atoms with Gasteiger partial charge in [0.1, 0.15) is 5.82 Å². The van der Waals surface area contributed by atoms with Crippen molar-refractivity contribution < 1.29 is 4.39 Å². The summed E-state index contributed by atoms with van der Waals surface area (Å²) >= 11 is 5.80. The average Bonchev–Trinajstić information content (AvgIpc) is 3.00.